The minimum absolute atomic E-state index is 0.201. The quantitative estimate of drug-likeness (QED) is 0.510. The molecule has 1 saturated heterocycles. The van der Waals surface area contributed by atoms with Crippen molar-refractivity contribution in [1.82, 2.24) is 5.32 Å². The fourth-order valence-corrected chi connectivity index (χ4v) is 1.01. The monoisotopic (exact) mass is 131 g/mol. The number of nitrogens with one attached hydrogen (secondary N) is 1. The number of carbonyl (C=O) groups excluding carboxylic acids is 1. The van der Waals surface area contributed by atoms with Crippen LogP contribution in [0.1, 0.15) is 6.42 Å². The zero-order valence-electron chi connectivity index (χ0n) is 4.69. The van der Waals surface area contributed by atoms with Gasteiger partial charge in [0.05, 0.1) is 0 Å². The molecule has 0 radical (unpaired) electrons. The van der Waals surface area contributed by atoms with Gasteiger partial charge in [-0.2, -0.15) is 0 Å². The molecule has 1 spiro atoms. The predicted molar refractivity (Wildman–Crippen MR) is 26.7 cm³/mol. The fourth-order valence-electron chi connectivity index (χ4n) is 1.01. The highest BCUT2D eigenvalue weighted by atomic mass is 19.1. The van der Waals surface area contributed by atoms with Crippen LogP contribution in [0.3, 0.4) is 0 Å². The molecule has 3 nitrogen and oxygen atoms in total. The summed E-state index contributed by atoms with van der Waals surface area (Å²) in [6, 6.07) is 0. The molecule has 1 saturated carbocycles. The predicted octanol–water partition coefficient (Wildman–Crippen LogP) is 0.207. The lowest BCUT2D eigenvalue weighted by atomic mass is 10.3. The Kier molecular flexibility index (Phi) is 0.668. The van der Waals surface area contributed by atoms with Crippen LogP contribution in [0.25, 0.3) is 0 Å². The molecule has 2 aliphatic rings. The highest BCUT2D eigenvalue weighted by Gasteiger charge is 2.61. The summed E-state index contributed by atoms with van der Waals surface area (Å²) in [4.78, 5) is 10.3. The van der Waals surface area contributed by atoms with Gasteiger partial charge >= 0.3 is 6.09 Å². The SMILES string of the molecule is O=C1NC2(CO1)CC2F. The highest BCUT2D eigenvalue weighted by Crippen LogP contribution is 2.41. The number of amides is 1. The Labute approximate surface area is 51.2 Å². The second-order valence-corrected chi connectivity index (χ2v) is 2.53. The number of cyclic esters (lactones) is 1. The van der Waals surface area contributed by atoms with E-state index in [1.165, 1.54) is 0 Å². The van der Waals surface area contributed by atoms with Gasteiger partial charge in [-0.1, -0.05) is 0 Å². The molecule has 1 heterocycles. The minimum atomic E-state index is -0.885. The van der Waals surface area contributed by atoms with Crippen LogP contribution >= 0.6 is 0 Å². The van der Waals surface area contributed by atoms with E-state index in [2.05, 4.69) is 10.1 Å². The summed E-state index contributed by atoms with van der Waals surface area (Å²) < 4.78 is 16.9. The van der Waals surface area contributed by atoms with Gasteiger partial charge in [0.15, 0.2) is 0 Å². The summed E-state index contributed by atoms with van der Waals surface area (Å²) >= 11 is 0. The minimum Gasteiger partial charge on any atom is -0.447 e. The first-order valence-electron chi connectivity index (χ1n) is 2.82. The van der Waals surface area contributed by atoms with E-state index in [-0.39, 0.29) is 6.61 Å². The van der Waals surface area contributed by atoms with Crippen LogP contribution < -0.4 is 5.32 Å². The van der Waals surface area contributed by atoms with Crippen LogP contribution in [-0.4, -0.2) is 24.4 Å². The third kappa shape index (κ3) is 0.528. The molecule has 2 unspecified atom stereocenters. The lowest BCUT2D eigenvalue weighted by molar-refractivity contribution is 0.175. The second kappa shape index (κ2) is 1.20. The van der Waals surface area contributed by atoms with Crippen LogP contribution in [0.5, 0.6) is 0 Å². The average Bonchev–Trinajstić information content (AvgIpc) is 2.17. The summed E-state index contributed by atoms with van der Waals surface area (Å²) in [5.41, 5.74) is -0.614. The van der Waals surface area contributed by atoms with Gasteiger partial charge in [0.1, 0.15) is 18.3 Å². The van der Waals surface area contributed by atoms with Crippen LogP contribution in [0.2, 0.25) is 0 Å². The third-order valence-corrected chi connectivity index (χ3v) is 1.79. The van der Waals surface area contributed by atoms with Gasteiger partial charge in [-0.15, -0.1) is 0 Å². The van der Waals surface area contributed by atoms with E-state index in [1.807, 2.05) is 0 Å². The van der Waals surface area contributed by atoms with Crippen LogP contribution in [0, 0.1) is 0 Å². The van der Waals surface area contributed by atoms with Crippen molar-refractivity contribution in [2.24, 2.45) is 0 Å². The molecule has 1 N–H and O–H groups in total. The van der Waals surface area contributed by atoms with Crippen molar-refractivity contribution in [3.63, 3.8) is 0 Å². The Morgan fingerprint density at radius 1 is 1.89 bits per heavy atom. The molecule has 1 aliphatic carbocycles. The van der Waals surface area contributed by atoms with Gasteiger partial charge in [-0.3, -0.25) is 0 Å². The first kappa shape index (κ1) is 5.02. The van der Waals surface area contributed by atoms with Gasteiger partial charge < -0.3 is 10.1 Å². The number of halogens is 1. The molecule has 2 rings (SSSR count). The number of alkyl carbamates (subject to hydrolysis) is 1. The molecule has 4 heteroatoms. The number of ether oxygens (including phenoxy) is 1. The molecule has 1 amide bonds. The normalized spacial score (nSPS) is 46.8. The molecule has 0 aromatic heterocycles. The molecule has 2 atom stereocenters. The number of carbonyl (C=O) groups is 1. The first-order chi connectivity index (χ1) is 4.23. The number of alkyl halides is 1. The maximum atomic E-state index is 12.4. The van der Waals surface area contributed by atoms with Crippen LogP contribution in [-0.2, 0) is 4.74 Å². The van der Waals surface area contributed by atoms with Crippen molar-refractivity contribution in [3.05, 3.63) is 0 Å². The molecule has 0 aromatic rings. The number of hydrogen-bond acceptors (Lipinski definition) is 2. The van der Waals surface area contributed by atoms with E-state index < -0.39 is 17.8 Å². The summed E-state index contributed by atoms with van der Waals surface area (Å²) in [7, 11) is 0. The largest absolute Gasteiger partial charge is 0.447 e. The third-order valence-electron chi connectivity index (χ3n) is 1.79. The van der Waals surface area contributed by atoms with E-state index in [0.717, 1.165) is 0 Å². The molecule has 1 aliphatic heterocycles. The number of rotatable bonds is 0. The van der Waals surface area contributed by atoms with Crippen molar-refractivity contribution in [2.75, 3.05) is 6.61 Å². The van der Waals surface area contributed by atoms with Crippen molar-refractivity contribution in [2.45, 2.75) is 18.1 Å². The summed E-state index contributed by atoms with van der Waals surface area (Å²) in [6.45, 7) is 0.201. The molecule has 0 bridgehead atoms. The van der Waals surface area contributed by atoms with Gasteiger partial charge in [0, 0.05) is 6.42 Å². The maximum Gasteiger partial charge on any atom is 0.407 e. The van der Waals surface area contributed by atoms with E-state index >= 15 is 0 Å². The molecule has 50 valence electrons. The van der Waals surface area contributed by atoms with Gasteiger partial charge in [-0.25, -0.2) is 9.18 Å². The van der Waals surface area contributed by atoms with Crippen molar-refractivity contribution in [1.29, 1.82) is 0 Å². The summed E-state index contributed by atoms with van der Waals surface area (Å²) in [5.74, 6) is 0. The lowest BCUT2D eigenvalue weighted by Gasteiger charge is -1.97. The van der Waals surface area contributed by atoms with Crippen LogP contribution in [0.4, 0.5) is 9.18 Å². The zero-order valence-corrected chi connectivity index (χ0v) is 4.69. The molecule has 2 fully saturated rings. The van der Waals surface area contributed by atoms with Gasteiger partial charge in [-0.05, 0) is 0 Å². The average molecular weight is 131 g/mol. The van der Waals surface area contributed by atoms with E-state index in [1.54, 1.807) is 0 Å². The van der Waals surface area contributed by atoms with E-state index in [9.17, 15) is 9.18 Å². The second-order valence-electron chi connectivity index (χ2n) is 2.53. The van der Waals surface area contributed by atoms with Gasteiger partial charge in [0.2, 0.25) is 0 Å². The van der Waals surface area contributed by atoms with Gasteiger partial charge in [0.25, 0.3) is 0 Å². The fraction of sp³-hybridized carbons (Fsp3) is 0.800. The lowest BCUT2D eigenvalue weighted by Crippen LogP contribution is -2.30. The van der Waals surface area contributed by atoms with E-state index in [0.29, 0.717) is 6.42 Å². The maximum absolute atomic E-state index is 12.4. The van der Waals surface area contributed by atoms with Crippen molar-refractivity contribution >= 4 is 6.09 Å². The van der Waals surface area contributed by atoms with E-state index in [4.69, 9.17) is 0 Å². The Morgan fingerprint density at radius 2 is 2.56 bits per heavy atom. The Balaban J connectivity index is 2.11. The molecular formula is C5H6FNO2. The Hall–Kier alpha value is -0.800. The standard InChI is InChI=1S/C5H6FNO2/c6-3-1-5(3)2-9-4(8)7-5/h3H,1-2H2,(H,7,8). The van der Waals surface area contributed by atoms with Crippen molar-refractivity contribution < 1.29 is 13.9 Å². The molecular weight excluding hydrogens is 125 g/mol. The Morgan fingerprint density at radius 3 is 2.78 bits per heavy atom. The Bertz CT molecular complexity index is 172. The molecule has 9 heavy (non-hydrogen) atoms. The van der Waals surface area contributed by atoms with Crippen LogP contribution in [0.15, 0.2) is 0 Å². The zero-order chi connectivity index (χ0) is 6.48. The summed E-state index contributed by atoms with van der Waals surface area (Å²) in [6.07, 6.45) is -0.960. The summed E-state index contributed by atoms with van der Waals surface area (Å²) in [5, 5.41) is 2.42. The topological polar surface area (TPSA) is 38.3 Å². The number of hydrogen-bond donors (Lipinski definition) is 1. The molecule has 0 aromatic carbocycles. The smallest absolute Gasteiger partial charge is 0.407 e. The first-order valence-corrected chi connectivity index (χ1v) is 2.82. The highest BCUT2D eigenvalue weighted by molar-refractivity contribution is 5.72. The van der Waals surface area contributed by atoms with Crippen molar-refractivity contribution in [3.8, 4) is 0 Å².